The molecule has 1 rings (SSSR count). The number of nitrogens with one attached hydrogen (secondary N) is 2. The summed E-state index contributed by atoms with van der Waals surface area (Å²) in [5.41, 5.74) is 1.13. The lowest BCUT2D eigenvalue weighted by molar-refractivity contribution is -0.124. The molecule has 1 aromatic carbocycles. The van der Waals surface area contributed by atoms with E-state index in [4.69, 9.17) is 23.2 Å². The summed E-state index contributed by atoms with van der Waals surface area (Å²) in [5, 5.41) is 5.81. The monoisotopic (exact) mass is 320 g/mol. The Morgan fingerprint density at radius 1 is 1.37 bits per heavy atom. The first-order valence-electron chi connectivity index (χ1n) is 5.50. The summed E-state index contributed by atoms with van der Waals surface area (Å²) in [6, 6.07) is 2.66. The average Bonchev–Trinajstić information content (AvgIpc) is 2.35. The van der Waals surface area contributed by atoms with Crippen LogP contribution in [-0.4, -0.2) is 23.6 Å². The first-order chi connectivity index (χ1) is 8.86. The minimum absolute atomic E-state index is 0.173. The van der Waals surface area contributed by atoms with Crippen molar-refractivity contribution >= 4 is 53.3 Å². The van der Waals surface area contributed by atoms with Crippen molar-refractivity contribution in [2.45, 2.75) is 19.9 Å². The maximum atomic E-state index is 12.0. The third-order valence-electron chi connectivity index (χ3n) is 2.41. The molecule has 0 aromatic heterocycles. The molecule has 19 heavy (non-hydrogen) atoms. The van der Waals surface area contributed by atoms with Crippen molar-refractivity contribution in [3.8, 4) is 0 Å². The molecular formula is C12H14Cl2N2O2S. The Hall–Kier alpha value is -0.910. The first kappa shape index (κ1) is 16.1. The zero-order valence-corrected chi connectivity index (χ0v) is 12.9. The van der Waals surface area contributed by atoms with Gasteiger partial charge < -0.3 is 10.6 Å². The highest BCUT2D eigenvalue weighted by atomic mass is 35.5. The number of thiol groups is 1. The predicted molar refractivity (Wildman–Crippen MR) is 81.3 cm³/mol. The summed E-state index contributed by atoms with van der Waals surface area (Å²) < 4.78 is 0. The number of aryl methyl sites for hydroxylation is 1. The van der Waals surface area contributed by atoms with Crippen LogP contribution >= 0.6 is 35.8 Å². The molecule has 0 saturated heterocycles. The molecule has 7 heteroatoms. The molecule has 0 radical (unpaired) electrons. The van der Waals surface area contributed by atoms with E-state index in [-0.39, 0.29) is 11.7 Å². The number of halogens is 2. The summed E-state index contributed by atoms with van der Waals surface area (Å²) in [7, 11) is 0. The lowest BCUT2D eigenvalue weighted by Gasteiger charge is -2.17. The Bertz CT molecular complexity index is 509. The van der Waals surface area contributed by atoms with E-state index < -0.39 is 11.9 Å². The summed E-state index contributed by atoms with van der Waals surface area (Å²) in [6.45, 7) is 3.13. The quantitative estimate of drug-likeness (QED) is 0.747. The van der Waals surface area contributed by atoms with Crippen LogP contribution in [0.5, 0.6) is 0 Å². The Morgan fingerprint density at radius 2 is 2.00 bits per heavy atom. The molecule has 1 unspecified atom stereocenters. The van der Waals surface area contributed by atoms with Crippen molar-refractivity contribution in [3.63, 3.8) is 0 Å². The van der Waals surface area contributed by atoms with Gasteiger partial charge in [0.05, 0.1) is 15.7 Å². The van der Waals surface area contributed by atoms with Crippen molar-refractivity contribution in [3.05, 3.63) is 27.7 Å². The Kier molecular flexibility index (Phi) is 5.97. The third kappa shape index (κ3) is 4.30. The van der Waals surface area contributed by atoms with Gasteiger partial charge in [-0.3, -0.25) is 9.59 Å². The molecular weight excluding hydrogens is 307 g/mol. The molecule has 104 valence electrons. The minimum atomic E-state index is -0.742. The predicted octanol–water partition coefficient (Wildman–Crippen LogP) is 2.67. The Balaban J connectivity index is 2.93. The number of hydrogen-bond donors (Lipinski definition) is 3. The topological polar surface area (TPSA) is 58.2 Å². The van der Waals surface area contributed by atoms with Gasteiger partial charge in [0, 0.05) is 12.7 Å². The van der Waals surface area contributed by atoms with E-state index in [1.54, 1.807) is 19.1 Å². The van der Waals surface area contributed by atoms with Crippen molar-refractivity contribution in [2.24, 2.45) is 0 Å². The van der Waals surface area contributed by atoms with Crippen molar-refractivity contribution in [1.82, 2.24) is 5.32 Å². The average molecular weight is 321 g/mol. The summed E-state index contributed by atoms with van der Waals surface area (Å²) in [6.07, 6.45) is 0. The molecule has 0 spiro atoms. The normalized spacial score (nSPS) is 11.8. The number of rotatable bonds is 4. The van der Waals surface area contributed by atoms with Crippen LogP contribution in [0.1, 0.15) is 12.5 Å². The highest BCUT2D eigenvalue weighted by Crippen LogP contribution is 2.32. The van der Waals surface area contributed by atoms with Crippen LogP contribution in [0.15, 0.2) is 12.1 Å². The van der Waals surface area contributed by atoms with Gasteiger partial charge >= 0.3 is 0 Å². The van der Waals surface area contributed by atoms with E-state index >= 15 is 0 Å². The smallest absolute Gasteiger partial charge is 0.247 e. The second kappa shape index (κ2) is 7.03. The van der Waals surface area contributed by atoms with Crippen LogP contribution < -0.4 is 10.6 Å². The molecule has 0 aliphatic carbocycles. The molecule has 0 bridgehead atoms. The van der Waals surface area contributed by atoms with E-state index in [2.05, 4.69) is 23.3 Å². The van der Waals surface area contributed by atoms with Crippen molar-refractivity contribution < 1.29 is 9.59 Å². The van der Waals surface area contributed by atoms with Crippen LogP contribution in [0.25, 0.3) is 0 Å². The molecule has 0 aliphatic rings. The van der Waals surface area contributed by atoms with Crippen LogP contribution in [-0.2, 0) is 9.59 Å². The molecule has 2 amide bonds. The van der Waals surface area contributed by atoms with Gasteiger partial charge in [-0.05, 0) is 18.6 Å². The number of carbonyl (C=O) groups excluding carboxylic acids is 2. The van der Waals surface area contributed by atoms with Crippen molar-refractivity contribution in [1.29, 1.82) is 0 Å². The number of carbonyl (C=O) groups is 2. The standard InChI is InChI=1S/C12H14Cl2N2O2S/c1-6-3-4-8(13)11(10(6)14)16-12(18)9(5-19)15-7(2)17/h3-4,9,19H,5H2,1-2H3,(H,15,17)(H,16,18). The third-order valence-corrected chi connectivity index (χ3v) is 3.58. The fourth-order valence-electron chi connectivity index (χ4n) is 1.42. The molecule has 0 fully saturated rings. The van der Waals surface area contributed by atoms with Gasteiger partial charge in [0.2, 0.25) is 11.8 Å². The summed E-state index contributed by atoms with van der Waals surface area (Å²) in [5.74, 6) is -0.554. The highest BCUT2D eigenvalue weighted by Gasteiger charge is 2.20. The SMILES string of the molecule is CC(=O)NC(CS)C(=O)Nc1c(Cl)ccc(C)c1Cl. The van der Waals surface area contributed by atoms with Gasteiger partial charge in [-0.15, -0.1) is 0 Å². The zero-order chi connectivity index (χ0) is 14.6. The Labute approximate surface area is 127 Å². The molecule has 0 saturated carbocycles. The second-order valence-electron chi connectivity index (χ2n) is 3.98. The fourth-order valence-corrected chi connectivity index (χ4v) is 2.14. The maximum Gasteiger partial charge on any atom is 0.247 e. The van der Waals surface area contributed by atoms with E-state index in [0.717, 1.165) is 5.56 Å². The first-order valence-corrected chi connectivity index (χ1v) is 6.89. The van der Waals surface area contributed by atoms with E-state index in [1.165, 1.54) is 6.92 Å². The highest BCUT2D eigenvalue weighted by molar-refractivity contribution is 7.80. The largest absolute Gasteiger partial charge is 0.344 e. The molecule has 4 nitrogen and oxygen atoms in total. The summed E-state index contributed by atoms with van der Waals surface area (Å²) >= 11 is 16.1. The maximum absolute atomic E-state index is 12.0. The van der Waals surface area contributed by atoms with Gasteiger partial charge in [0.1, 0.15) is 6.04 Å². The van der Waals surface area contributed by atoms with Gasteiger partial charge in [-0.1, -0.05) is 29.3 Å². The van der Waals surface area contributed by atoms with Gasteiger partial charge in [0.15, 0.2) is 0 Å². The van der Waals surface area contributed by atoms with Crippen LogP contribution in [0, 0.1) is 6.92 Å². The Morgan fingerprint density at radius 3 is 2.53 bits per heavy atom. The number of benzene rings is 1. The molecule has 1 atom stereocenters. The van der Waals surface area contributed by atoms with Crippen LogP contribution in [0.2, 0.25) is 10.0 Å². The second-order valence-corrected chi connectivity index (χ2v) is 5.13. The molecule has 2 N–H and O–H groups in total. The molecule has 1 aromatic rings. The van der Waals surface area contributed by atoms with Gasteiger partial charge in [-0.25, -0.2) is 0 Å². The number of anilines is 1. The lowest BCUT2D eigenvalue weighted by Crippen LogP contribution is -2.44. The van der Waals surface area contributed by atoms with Gasteiger partial charge in [0.25, 0.3) is 0 Å². The van der Waals surface area contributed by atoms with E-state index in [0.29, 0.717) is 15.7 Å². The number of hydrogen-bond acceptors (Lipinski definition) is 3. The van der Waals surface area contributed by atoms with Crippen LogP contribution in [0.3, 0.4) is 0 Å². The zero-order valence-electron chi connectivity index (χ0n) is 10.5. The van der Waals surface area contributed by atoms with Crippen molar-refractivity contribution in [2.75, 3.05) is 11.1 Å². The van der Waals surface area contributed by atoms with Crippen LogP contribution in [0.4, 0.5) is 5.69 Å². The molecule has 0 heterocycles. The summed E-state index contributed by atoms with van der Waals surface area (Å²) in [4.78, 5) is 23.0. The molecule has 0 aliphatic heterocycles. The van der Waals surface area contributed by atoms with Gasteiger partial charge in [-0.2, -0.15) is 12.6 Å². The fraction of sp³-hybridized carbons (Fsp3) is 0.333. The van der Waals surface area contributed by atoms with E-state index in [9.17, 15) is 9.59 Å². The minimum Gasteiger partial charge on any atom is -0.344 e. The lowest BCUT2D eigenvalue weighted by atomic mass is 10.2. The van der Waals surface area contributed by atoms with E-state index in [1.807, 2.05) is 0 Å². The number of amides is 2.